The zero-order chi connectivity index (χ0) is 16.3. The minimum atomic E-state index is -0.410. The fraction of sp³-hybridized carbons (Fsp3) is 0.316. The molecule has 2 N–H and O–H groups in total. The van der Waals surface area contributed by atoms with Gasteiger partial charge in [-0.3, -0.25) is 5.32 Å². The summed E-state index contributed by atoms with van der Waals surface area (Å²) in [7, 11) is 0. The largest absolute Gasteiger partial charge is 0.450 e. The molecule has 4 nitrogen and oxygen atoms in total. The number of ether oxygens (including phenoxy) is 1. The molecule has 0 radical (unpaired) electrons. The number of nitrogens with one attached hydrogen (secondary N) is 2. The molecule has 2 aromatic rings. The van der Waals surface area contributed by atoms with Crippen molar-refractivity contribution in [2.75, 3.05) is 18.5 Å². The Kier molecular flexibility index (Phi) is 4.35. The van der Waals surface area contributed by atoms with Gasteiger partial charge in [-0.1, -0.05) is 36.4 Å². The molecular formula is C19H22N2O2. The van der Waals surface area contributed by atoms with Crippen molar-refractivity contribution >= 4 is 11.8 Å². The number of anilines is 1. The van der Waals surface area contributed by atoms with Crippen LogP contribution in [0.15, 0.2) is 48.5 Å². The minimum Gasteiger partial charge on any atom is -0.450 e. The highest BCUT2D eigenvalue weighted by Crippen LogP contribution is 2.35. The van der Waals surface area contributed by atoms with Gasteiger partial charge in [-0.15, -0.1) is 0 Å². The third-order valence-electron chi connectivity index (χ3n) is 4.39. The summed E-state index contributed by atoms with van der Waals surface area (Å²) in [5.74, 6) is 0. The molecule has 1 amide bonds. The Hall–Kier alpha value is -2.33. The predicted molar refractivity (Wildman–Crippen MR) is 91.7 cm³/mol. The Bertz CT molecular complexity index is 700. The molecule has 1 atom stereocenters. The fourth-order valence-electron chi connectivity index (χ4n) is 3.22. The van der Waals surface area contributed by atoms with Crippen LogP contribution in [0.5, 0.6) is 0 Å². The van der Waals surface area contributed by atoms with Crippen LogP contribution in [0.4, 0.5) is 10.5 Å². The maximum atomic E-state index is 11.6. The van der Waals surface area contributed by atoms with Crippen LogP contribution in [0, 0.1) is 0 Å². The van der Waals surface area contributed by atoms with E-state index in [1.165, 1.54) is 16.7 Å². The molecule has 0 aromatic heterocycles. The summed E-state index contributed by atoms with van der Waals surface area (Å²) in [6.07, 6.45) is 0.531. The molecule has 120 valence electrons. The number of hydrogen-bond donors (Lipinski definition) is 2. The maximum Gasteiger partial charge on any atom is 0.411 e. The zero-order valence-corrected chi connectivity index (χ0v) is 13.6. The van der Waals surface area contributed by atoms with E-state index >= 15 is 0 Å². The second kappa shape index (κ2) is 6.42. The Labute approximate surface area is 136 Å². The van der Waals surface area contributed by atoms with Crippen molar-refractivity contribution < 1.29 is 9.53 Å². The summed E-state index contributed by atoms with van der Waals surface area (Å²) < 4.78 is 4.94. The molecule has 1 aliphatic rings. The van der Waals surface area contributed by atoms with E-state index in [1.807, 2.05) is 18.2 Å². The second-order valence-corrected chi connectivity index (χ2v) is 5.89. The molecule has 0 saturated heterocycles. The van der Waals surface area contributed by atoms with Gasteiger partial charge in [-0.2, -0.15) is 0 Å². The van der Waals surface area contributed by atoms with Crippen molar-refractivity contribution in [3.05, 3.63) is 65.2 Å². The van der Waals surface area contributed by atoms with Crippen LogP contribution in [0.25, 0.3) is 0 Å². The van der Waals surface area contributed by atoms with Gasteiger partial charge in [-0.05, 0) is 49.1 Å². The molecule has 0 saturated carbocycles. The summed E-state index contributed by atoms with van der Waals surface area (Å²) in [6.45, 7) is 5.27. The number of amides is 1. The molecule has 1 heterocycles. The Morgan fingerprint density at radius 3 is 2.78 bits per heavy atom. The first kappa shape index (κ1) is 15.6. The van der Waals surface area contributed by atoms with Crippen LogP contribution in [0.3, 0.4) is 0 Å². The van der Waals surface area contributed by atoms with Crippen molar-refractivity contribution in [2.45, 2.75) is 25.8 Å². The van der Waals surface area contributed by atoms with E-state index in [-0.39, 0.29) is 5.54 Å². The van der Waals surface area contributed by atoms with Gasteiger partial charge in [0.05, 0.1) is 12.1 Å². The summed E-state index contributed by atoms with van der Waals surface area (Å²) in [6, 6.07) is 16.5. The van der Waals surface area contributed by atoms with E-state index in [0.717, 1.165) is 18.7 Å². The van der Waals surface area contributed by atoms with Gasteiger partial charge in [0.1, 0.15) is 0 Å². The van der Waals surface area contributed by atoms with Gasteiger partial charge in [0.2, 0.25) is 0 Å². The molecule has 23 heavy (non-hydrogen) atoms. The lowest BCUT2D eigenvalue weighted by Crippen LogP contribution is -2.45. The summed E-state index contributed by atoms with van der Waals surface area (Å²) in [5.41, 5.74) is 4.32. The zero-order valence-electron chi connectivity index (χ0n) is 13.6. The first-order chi connectivity index (χ1) is 11.1. The quantitative estimate of drug-likeness (QED) is 0.909. The van der Waals surface area contributed by atoms with Crippen LogP contribution >= 0.6 is 0 Å². The van der Waals surface area contributed by atoms with E-state index in [2.05, 4.69) is 47.9 Å². The van der Waals surface area contributed by atoms with E-state index in [1.54, 1.807) is 6.92 Å². The highest BCUT2D eigenvalue weighted by Gasteiger charge is 2.33. The smallest absolute Gasteiger partial charge is 0.411 e. The number of rotatable bonds is 3. The van der Waals surface area contributed by atoms with Crippen LogP contribution < -0.4 is 10.6 Å². The predicted octanol–water partition coefficient (Wildman–Crippen LogP) is 3.66. The molecule has 4 heteroatoms. The van der Waals surface area contributed by atoms with Gasteiger partial charge in [0, 0.05) is 12.2 Å². The van der Waals surface area contributed by atoms with Crippen LogP contribution in [0.2, 0.25) is 0 Å². The van der Waals surface area contributed by atoms with E-state index < -0.39 is 6.09 Å². The van der Waals surface area contributed by atoms with Gasteiger partial charge < -0.3 is 10.1 Å². The van der Waals surface area contributed by atoms with Crippen LogP contribution in [-0.2, 0) is 16.7 Å². The fourth-order valence-corrected chi connectivity index (χ4v) is 3.22. The van der Waals surface area contributed by atoms with Crippen molar-refractivity contribution in [2.24, 2.45) is 0 Å². The minimum absolute atomic E-state index is 0.211. The summed E-state index contributed by atoms with van der Waals surface area (Å²) in [5, 5.41) is 6.41. The molecule has 0 bridgehead atoms. The molecule has 2 aromatic carbocycles. The molecular weight excluding hydrogens is 288 g/mol. The lowest BCUT2D eigenvalue weighted by atomic mass is 9.78. The highest BCUT2D eigenvalue weighted by atomic mass is 16.5. The van der Waals surface area contributed by atoms with Crippen LogP contribution in [-0.4, -0.2) is 19.2 Å². The average Bonchev–Trinajstić information content (AvgIpc) is 2.56. The van der Waals surface area contributed by atoms with E-state index in [9.17, 15) is 4.79 Å². The lowest BCUT2D eigenvalue weighted by Gasteiger charge is -2.38. The normalized spacial score (nSPS) is 19.7. The average molecular weight is 310 g/mol. The number of hydrogen-bond acceptors (Lipinski definition) is 3. The molecule has 3 rings (SSSR count). The van der Waals surface area contributed by atoms with Crippen molar-refractivity contribution in [1.82, 2.24) is 5.32 Å². The second-order valence-electron chi connectivity index (χ2n) is 5.89. The Morgan fingerprint density at radius 1 is 1.26 bits per heavy atom. The Balaban J connectivity index is 1.93. The monoisotopic (exact) mass is 310 g/mol. The molecule has 1 unspecified atom stereocenters. The van der Waals surface area contributed by atoms with Gasteiger partial charge in [-0.25, -0.2) is 4.79 Å². The molecule has 0 fully saturated rings. The third-order valence-corrected chi connectivity index (χ3v) is 4.39. The number of carbonyl (C=O) groups is 1. The molecule has 1 aliphatic heterocycles. The van der Waals surface area contributed by atoms with Gasteiger partial charge in [0.15, 0.2) is 0 Å². The Morgan fingerprint density at radius 2 is 2.04 bits per heavy atom. The molecule has 0 spiro atoms. The third kappa shape index (κ3) is 3.08. The van der Waals surface area contributed by atoms with E-state index in [0.29, 0.717) is 6.61 Å². The number of carbonyl (C=O) groups excluding carboxylic acids is 1. The lowest BCUT2D eigenvalue weighted by molar-refractivity contribution is 0.168. The standard InChI is InChI=1S/C19H22N2O2/c1-3-23-18(22)21-16-9-10-17-14(13-16)11-12-20-19(17,2)15-7-5-4-6-8-15/h4-10,13,20H,3,11-12H2,1-2H3,(H,21,22). The van der Waals surface area contributed by atoms with Crippen molar-refractivity contribution in [3.8, 4) is 0 Å². The SMILES string of the molecule is CCOC(=O)Nc1ccc2c(c1)CCNC2(C)c1ccccc1. The topological polar surface area (TPSA) is 50.4 Å². The maximum absolute atomic E-state index is 11.6. The first-order valence-corrected chi connectivity index (χ1v) is 8.01. The summed E-state index contributed by atoms with van der Waals surface area (Å²) >= 11 is 0. The highest BCUT2D eigenvalue weighted by molar-refractivity contribution is 5.84. The van der Waals surface area contributed by atoms with Gasteiger partial charge in [0.25, 0.3) is 0 Å². The van der Waals surface area contributed by atoms with Crippen molar-refractivity contribution in [1.29, 1.82) is 0 Å². The van der Waals surface area contributed by atoms with Crippen LogP contribution in [0.1, 0.15) is 30.5 Å². The molecule has 0 aliphatic carbocycles. The number of fused-ring (bicyclic) bond motifs is 1. The van der Waals surface area contributed by atoms with E-state index in [4.69, 9.17) is 4.74 Å². The summed E-state index contributed by atoms with van der Waals surface area (Å²) in [4.78, 5) is 11.6. The van der Waals surface area contributed by atoms with Gasteiger partial charge >= 0.3 is 6.09 Å². The number of benzene rings is 2. The first-order valence-electron chi connectivity index (χ1n) is 8.01. The van der Waals surface area contributed by atoms with Crippen molar-refractivity contribution in [3.63, 3.8) is 0 Å².